The van der Waals surface area contributed by atoms with Gasteiger partial charge in [-0.3, -0.25) is 0 Å². The maximum absolute atomic E-state index is 9.38. The molecule has 1 aliphatic rings. The summed E-state index contributed by atoms with van der Waals surface area (Å²) >= 11 is 0. The molecule has 0 heterocycles. The molecule has 0 radical (unpaired) electrons. The zero-order valence-corrected chi connectivity index (χ0v) is 11.1. The van der Waals surface area contributed by atoms with Crippen LogP contribution in [0, 0.1) is 12.8 Å². The molecule has 100 valence electrons. The van der Waals surface area contributed by atoms with Crippen molar-refractivity contribution in [1.29, 1.82) is 0 Å². The van der Waals surface area contributed by atoms with Crippen molar-refractivity contribution in [2.24, 2.45) is 11.7 Å². The van der Waals surface area contributed by atoms with E-state index < -0.39 is 0 Å². The van der Waals surface area contributed by atoms with Crippen LogP contribution in [0.3, 0.4) is 0 Å². The summed E-state index contributed by atoms with van der Waals surface area (Å²) in [5.74, 6) is 1.30. The van der Waals surface area contributed by atoms with E-state index in [4.69, 9.17) is 10.5 Å². The summed E-state index contributed by atoms with van der Waals surface area (Å²) in [6.07, 6.45) is 4.07. The Labute approximate surface area is 109 Å². The zero-order valence-electron chi connectivity index (χ0n) is 11.1. The van der Waals surface area contributed by atoms with E-state index in [1.165, 1.54) is 5.56 Å². The highest BCUT2D eigenvalue weighted by Gasteiger charge is 2.38. The molecule has 3 heteroatoms. The lowest BCUT2D eigenvalue weighted by Gasteiger charge is -2.29. The first-order chi connectivity index (χ1) is 8.64. The standard InChI is InChI=1S/C15H23NO2/c1-12-4-2-6-14(10-12)18-9-7-13-5-3-8-15(13,16)11-17/h2,4,6,10,13,17H,3,5,7-9,11,16H2,1H3. The largest absolute Gasteiger partial charge is 0.494 e. The van der Waals surface area contributed by atoms with Crippen LogP contribution in [0.4, 0.5) is 0 Å². The van der Waals surface area contributed by atoms with Gasteiger partial charge in [0.25, 0.3) is 0 Å². The van der Waals surface area contributed by atoms with Crippen LogP contribution in [0.25, 0.3) is 0 Å². The van der Waals surface area contributed by atoms with Gasteiger partial charge in [-0.15, -0.1) is 0 Å². The van der Waals surface area contributed by atoms with Crippen molar-refractivity contribution in [2.45, 2.75) is 38.1 Å². The first kappa shape index (κ1) is 13.4. The van der Waals surface area contributed by atoms with Crippen molar-refractivity contribution in [3.63, 3.8) is 0 Å². The van der Waals surface area contributed by atoms with Gasteiger partial charge in [-0.25, -0.2) is 0 Å². The van der Waals surface area contributed by atoms with Crippen molar-refractivity contribution in [1.82, 2.24) is 0 Å². The monoisotopic (exact) mass is 249 g/mol. The molecule has 2 unspecified atom stereocenters. The lowest BCUT2D eigenvalue weighted by atomic mass is 9.87. The summed E-state index contributed by atoms with van der Waals surface area (Å²) in [6, 6.07) is 8.07. The third-order valence-corrected chi connectivity index (χ3v) is 4.03. The summed E-state index contributed by atoms with van der Waals surface area (Å²) in [5.41, 5.74) is 7.03. The number of nitrogens with two attached hydrogens (primary N) is 1. The molecule has 0 spiro atoms. The quantitative estimate of drug-likeness (QED) is 0.841. The SMILES string of the molecule is Cc1cccc(OCCC2CCCC2(N)CO)c1. The number of aliphatic hydroxyl groups is 1. The summed E-state index contributed by atoms with van der Waals surface area (Å²) in [5, 5.41) is 9.38. The molecule has 0 amide bonds. The molecular formula is C15H23NO2. The molecule has 1 aromatic carbocycles. The minimum Gasteiger partial charge on any atom is -0.494 e. The Bertz CT molecular complexity index is 394. The van der Waals surface area contributed by atoms with Crippen LogP contribution >= 0.6 is 0 Å². The Balaban J connectivity index is 1.82. The lowest BCUT2D eigenvalue weighted by molar-refractivity contribution is 0.143. The normalized spacial score (nSPS) is 27.4. The fraction of sp³-hybridized carbons (Fsp3) is 0.600. The minimum absolute atomic E-state index is 0.0854. The van der Waals surface area contributed by atoms with E-state index in [-0.39, 0.29) is 12.1 Å². The second kappa shape index (κ2) is 5.72. The molecule has 18 heavy (non-hydrogen) atoms. The van der Waals surface area contributed by atoms with Gasteiger partial charge < -0.3 is 15.6 Å². The molecule has 3 N–H and O–H groups in total. The number of rotatable bonds is 5. The van der Waals surface area contributed by atoms with E-state index in [1.807, 2.05) is 18.2 Å². The van der Waals surface area contributed by atoms with Crippen molar-refractivity contribution in [3.8, 4) is 5.75 Å². The van der Waals surface area contributed by atoms with E-state index >= 15 is 0 Å². The van der Waals surface area contributed by atoms with Gasteiger partial charge in [0.1, 0.15) is 5.75 Å². The zero-order chi connectivity index (χ0) is 13.0. The first-order valence-electron chi connectivity index (χ1n) is 6.73. The van der Waals surface area contributed by atoms with Crippen LogP contribution in [-0.4, -0.2) is 23.9 Å². The molecule has 0 saturated heterocycles. The highest BCUT2D eigenvalue weighted by molar-refractivity contribution is 5.27. The Morgan fingerprint density at radius 1 is 1.50 bits per heavy atom. The second-order valence-corrected chi connectivity index (χ2v) is 5.43. The molecule has 1 saturated carbocycles. The third kappa shape index (κ3) is 3.03. The molecule has 1 aliphatic carbocycles. The van der Waals surface area contributed by atoms with Crippen molar-refractivity contribution < 1.29 is 9.84 Å². The van der Waals surface area contributed by atoms with Crippen LogP contribution in [0.15, 0.2) is 24.3 Å². The van der Waals surface area contributed by atoms with Crippen LogP contribution in [-0.2, 0) is 0 Å². The van der Waals surface area contributed by atoms with E-state index in [0.717, 1.165) is 31.4 Å². The van der Waals surface area contributed by atoms with E-state index in [1.54, 1.807) is 0 Å². The molecular weight excluding hydrogens is 226 g/mol. The average Bonchev–Trinajstić information content (AvgIpc) is 2.72. The first-order valence-corrected chi connectivity index (χ1v) is 6.73. The summed E-state index contributed by atoms with van der Waals surface area (Å²) in [7, 11) is 0. The van der Waals surface area contributed by atoms with Gasteiger partial charge in [0.15, 0.2) is 0 Å². The topological polar surface area (TPSA) is 55.5 Å². The van der Waals surface area contributed by atoms with E-state index in [2.05, 4.69) is 13.0 Å². The highest BCUT2D eigenvalue weighted by Crippen LogP contribution is 2.35. The van der Waals surface area contributed by atoms with Crippen LogP contribution < -0.4 is 10.5 Å². The minimum atomic E-state index is -0.379. The van der Waals surface area contributed by atoms with E-state index in [9.17, 15) is 5.11 Å². The summed E-state index contributed by atoms with van der Waals surface area (Å²) in [6.45, 7) is 2.82. The number of hydrogen-bond acceptors (Lipinski definition) is 3. The van der Waals surface area contributed by atoms with Gasteiger partial charge in [-0.05, 0) is 49.8 Å². The Hall–Kier alpha value is -1.06. The number of ether oxygens (including phenoxy) is 1. The predicted octanol–water partition coefficient (Wildman–Crippen LogP) is 2.25. The molecule has 2 rings (SSSR count). The molecule has 1 aromatic rings. The maximum atomic E-state index is 9.38. The Morgan fingerprint density at radius 3 is 3.06 bits per heavy atom. The number of benzene rings is 1. The van der Waals surface area contributed by atoms with Crippen LogP contribution in [0.2, 0.25) is 0 Å². The Kier molecular flexibility index (Phi) is 4.25. The molecule has 2 atom stereocenters. The number of aryl methyl sites for hydroxylation is 1. The molecule has 0 aromatic heterocycles. The van der Waals surface area contributed by atoms with Crippen molar-refractivity contribution in [2.75, 3.05) is 13.2 Å². The van der Waals surface area contributed by atoms with Gasteiger partial charge in [0.2, 0.25) is 0 Å². The van der Waals surface area contributed by atoms with Gasteiger partial charge in [0.05, 0.1) is 13.2 Å². The van der Waals surface area contributed by atoms with Gasteiger partial charge in [-0.1, -0.05) is 18.6 Å². The smallest absolute Gasteiger partial charge is 0.119 e. The van der Waals surface area contributed by atoms with Crippen molar-refractivity contribution in [3.05, 3.63) is 29.8 Å². The molecule has 0 bridgehead atoms. The molecule has 1 fully saturated rings. The Morgan fingerprint density at radius 2 is 2.33 bits per heavy atom. The van der Waals surface area contributed by atoms with Gasteiger partial charge in [0, 0.05) is 5.54 Å². The third-order valence-electron chi connectivity index (χ3n) is 4.03. The summed E-state index contributed by atoms with van der Waals surface area (Å²) in [4.78, 5) is 0. The average molecular weight is 249 g/mol. The van der Waals surface area contributed by atoms with Crippen LogP contribution in [0.1, 0.15) is 31.2 Å². The molecule has 3 nitrogen and oxygen atoms in total. The van der Waals surface area contributed by atoms with Crippen LogP contribution in [0.5, 0.6) is 5.75 Å². The maximum Gasteiger partial charge on any atom is 0.119 e. The summed E-state index contributed by atoms with van der Waals surface area (Å²) < 4.78 is 5.75. The number of hydrogen-bond donors (Lipinski definition) is 2. The number of aliphatic hydroxyl groups excluding tert-OH is 1. The highest BCUT2D eigenvalue weighted by atomic mass is 16.5. The van der Waals surface area contributed by atoms with E-state index in [0.29, 0.717) is 12.5 Å². The second-order valence-electron chi connectivity index (χ2n) is 5.43. The van der Waals surface area contributed by atoms with Crippen molar-refractivity contribution >= 4 is 0 Å². The predicted molar refractivity (Wildman–Crippen MR) is 72.6 cm³/mol. The lowest BCUT2D eigenvalue weighted by Crippen LogP contribution is -2.47. The van der Waals surface area contributed by atoms with Gasteiger partial charge in [-0.2, -0.15) is 0 Å². The molecule has 0 aliphatic heterocycles. The fourth-order valence-corrected chi connectivity index (χ4v) is 2.83. The fourth-order valence-electron chi connectivity index (χ4n) is 2.83. The van der Waals surface area contributed by atoms with Gasteiger partial charge >= 0.3 is 0 Å².